The van der Waals surface area contributed by atoms with E-state index in [0.717, 1.165) is 16.9 Å². The van der Waals surface area contributed by atoms with Gasteiger partial charge in [0.2, 0.25) is 0 Å². The maximum Gasteiger partial charge on any atom is 0.338 e. The third-order valence-electron chi connectivity index (χ3n) is 7.70. The molecule has 9 nitrogen and oxygen atoms in total. The molecule has 3 aromatic carbocycles. The molecule has 0 radical (unpaired) electrons. The van der Waals surface area contributed by atoms with Gasteiger partial charge in [-0.05, 0) is 62.2 Å². The number of amides is 1. The average molecular weight is 644 g/mol. The normalized spacial score (nSPS) is 16.7. The lowest BCUT2D eigenvalue weighted by molar-refractivity contribution is -0.139. The smallest absolute Gasteiger partial charge is 0.338 e. The van der Waals surface area contributed by atoms with Crippen molar-refractivity contribution in [3.05, 3.63) is 119 Å². The van der Waals surface area contributed by atoms with Gasteiger partial charge in [-0.25, -0.2) is 9.79 Å². The predicted octanol–water partition coefficient (Wildman–Crippen LogP) is 4.78. The van der Waals surface area contributed by atoms with Crippen molar-refractivity contribution in [3.8, 4) is 11.5 Å². The third-order valence-corrected chi connectivity index (χ3v) is 9.01. The fourth-order valence-electron chi connectivity index (χ4n) is 5.72. The van der Waals surface area contributed by atoms with E-state index in [-0.39, 0.29) is 22.6 Å². The molecule has 1 aromatic heterocycles. The molecule has 2 aliphatic heterocycles. The van der Waals surface area contributed by atoms with Gasteiger partial charge < -0.3 is 19.1 Å². The van der Waals surface area contributed by atoms with Crippen molar-refractivity contribution in [1.82, 2.24) is 4.57 Å². The van der Waals surface area contributed by atoms with Crippen LogP contribution in [-0.4, -0.2) is 36.8 Å². The standard InChI is InChI=1S/C34H30ClN3O6S/c1-5-43-26-17-21(13-16-25(26)42-4)29-27(33(41)44-6-2)19(3)36-34-38(29)32(40)30(45-34)28-23-9-7-8-10-24(23)37(31(28)39)18-20-11-14-22(35)15-12-20/h7-17,29H,5-6,18H2,1-4H3/b30-28+/t29-/m1/s1. The molecule has 0 fully saturated rings. The number of halogens is 1. The zero-order valence-corrected chi connectivity index (χ0v) is 26.7. The number of carbonyl (C=O) groups excluding carboxylic acids is 2. The fraction of sp³-hybridized carbons (Fsp3) is 0.235. The Balaban J connectivity index is 1.57. The first kappa shape index (κ1) is 30.4. The second-order valence-electron chi connectivity index (χ2n) is 10.4. The van der Waals surface area contributed by atoms with Crippen LogP contribution < -0.4 is 29.3 Å². The molecule has 0 unspecified atom stereocenters. The number of methoxy groups -OCH3 is 1. The van der Waals surface area contributed by atoms with E-state index in [1.54, 1.807) is 56.2 Å². The summed E-state index contributed by atoms with van der Waals surface area (Å²) in [5, 5.41) is 0.603. The van der Waals surface area contributed by atoms with Gasteiger partial charge in [-0.2, -0.15) is 0 Å². The number of ether oxygens (including phenoxy) is 3. The number of hydrogen-bond donors (Lipinski definition) is 0. The zero-order chi connectivity index (χ0) is 31.8. The summed E-state index contributed by atoms with van der Waals surface area (Å²) in [6.45, 7) is 6.14. The molecule has 0 aliphatic carbocycles. The minimum absolute atomic E-state index is 0.151. The molecule has 2 aliphatic rings. The lowest BCUT2D eigenvalue weighted by Gasteiger charge is -2.25. The van der Waals surface area contributed by atoms with Gasteiger partial charge in [0.1, 0.15) is 4.53 Å². The van der Waals surface area contributed by atoms with Gasteiger partial charge in [0, 0.05) is 10.6 Å². The molecule has 0 spiro atoms. The Bertz CT molecular complexity index is 2050. The van der Waals surface area contributed by atoms with E-state index in [9.17, 15) is 14.4 Å². The van der Waals surface area contributed by atoms with Crippen LogP contribution in [0.15, 0.2) is 87.8 Å². The number of allylic oxidation sites excluding steroid dienone is 1. The van der Waals surface area contributed by atoms with Crippen LogP contribution in [0.25, 0.3) is 5.57 Å². The number of anilines is 1. The van der Waals surface area contributed by atoms with Gasteiger partial charge in [0.25, 0.3) is 11.5 Å². The van der Waals surface area contributed by atoms with Crippen molar-refractivity contribution in [2.45, 2.75) is 33.4 Å². The van der Waals surface area contributed by atoms with Crippen LogP contribution >= 0.6 is 22.9 Å². The molecule has 0 saturated carbocycles. The first-order chi connectivity index (χ1) is 21.8. The van der Waals surface area contributed by atoms with Gasteiger partial charge in [-0.1, -0.05) is 59.3 Å². The highest BCUT2D eigenvalue weighted by Gasteiger charge is 2.37. The van der Waals surface area contributed by atoms with E-state index in [1.165, 1.54) is 4.57 Å². The topological polar surface area (TPSA) is 99.4 Å². The van der Waals surface area contributed by atoms with E-state index in [4.69, 9.17) is 25.8 Å². The number of nitrogens with zero attached hydrogens (tertiary/aromatic N) is 3. The molecule has 1 amide bonds. The summed E-state index contributed by atoms with van der Waals surface area (Å²) < 4.78 is 18.5. The molecule has 6 rings (SSSR count). The summed E-state index contributed by atoms with van der Waals surface area (Å²) in [6, 6.07) is 19.1. The van der Waals surface area contributed by atoms with Crippen LogP contribution in [0.1, 0.15) is 43.5 Å². The summed E-state index contributed by atoms with van der Waals surface area (Å²) in [5.41, 5.74) is 3.38. The number of fused-ring (bicyclic) bond motifs is 2. The first-order valence-electron chi connectivity index (χ1n) is 14.5. The molecule has 0 bridgehead atoms. The number of hydrogen-bond acceptors (Lipinski definition) is 8. The SMILES string of the molecule is CCOC(=O)C1=C(C)N=c2s/c(=C3/C(=O)N(Cc4ccc(Cl)cc4)c4ccccc43)c(=O)n2[C@@H]1c1ccc(OC)c(OCC)c1. The largest absolute Gasteiger partial charge is 0.493 e. The highest BCUT2D eigenvalue weighted by Crippen LogP contribution is 2.38. The van der Waals surface area contributed by atoms with Crippen LogP contribution in [-0.2, 0) is 20.9 Å². The Morgan fingerprint density at radius 3 is 2.47 bits per heavy atom. The minimum Gasteiger partial charge on any atom is -0.493 e. The summed E-state index contributed by atoms with van der Waals surface area (Å²) in [4.78, 5) is 48.7. The second-order valence-corrected chi connectivity index (χ2v) is 11.8. The monoisotopic (exact) mass is 643 g/mol. The lowest BCUT2D eigenvalue weighted by atomic mass is 9.95. The van der Waals surface area contributed by atoms with Crippen LogP contribution in [0, 0.1) is 0 Å². The zero-order valence-electron chi connectivity index (χ0n) is 25.1. The number of benzene rings is 3. The molecule has 4 aromatic rings. The quantitative estimate of drug-likeness (QED) is 0.257. The van der Waals surface area contributed by atoms with Crippen LogP contribution in [0.3, 0.4) is 0 Å². The van der Waals surface area contributed by atoms with Crippen molar-refractivity contribution < 1.29 is 23.8 Å². The number of para-hydroxylation sites is 1. The van der Waals surface area contributed by atoms with E-state index in [2.05, 4.69) is 4.99 Å². The maximum absolute atomic E-state index is 14.5. The van der Waals surface area contributed by atoms with Gasteiger partial charge in [-0.3, -0.25) is 14.2 Å². The van der Waals surface area contributed by atoms with Crippen molar-refractivity contribution in [2.24, 2.45) is 4.99 Å². The Hall–Kier alpha value is -4.67. The third kappa shape index (κ3) is 5.34. The van der Waals surface area contributed by atoms with Crippen molar-refractivity contribution >= 4 is 46.1 Å². The van der Waals surface area contributed by atoms with Gasteiger partial charge in [-0.15, -0.1) is 0 Å². The van der Waals surface area contributed by atoms with Gasteiger partial charge >= 0.3 is 5.97 Å². The molecule has 0 N–H and O–H groups in total. The second kappa shape index (κ2) is 12.4. The van der Waals surface area contributed by atoms with Crippen LogP contribution in [0.2, 0.25) is 5.02 Å². The number of aromatic nitrogens is 1. The highest BCUT2D eigenvalue weighted by molar-refractivity contribution is 7.07. The number of esters is 1. The Morgan fingerprint density at radius 1 is 1.00 bits per heavy atom. The molecule has 45 heavy (non-hydrogen) atoms. The molecule has 11 heteroatoms. The van der Waals surface area contributed by atoms with Gasteiger partial charge in [0.05, 0.1) is 55.4 Å². The lowest BCUT2D eigenvalue weighted by Crippen LogP contribution is -2.41. The van der Waals surface area contributed by atoms with E-state index >= 15 is 0 Å². The summed E-state index contributed by atoms with van der Waals surface area (Å²) >= 11 is 7.21. The minimum atomic E-state index is -0.878. The van der Waals surface area contributed by atoms with E-state index in [1.807, 2.05) is 43.3 Å². The van der Waals surface area contributed by atoms with E-state index < -0.39 is 17.6 Å². The summed E-state index contributed by atoms with van der Waals surface area (Å²) in [5.74, 6) is 0.116. The molecule has 0 saturated heterocycles. The molecular weight excluding hydrogens is 614 g/mol. The van der Waals surface area contributed by atoms with Crippen molar-refractivity contribution in [1.29, 1.82) is 0 Å². The molecular formula is C34H30ClN3O6S. The van der Waals surface area contributed by atoms with Crippen LogP contribution in [0.5, 0.6) is 11.5 Å². The van der Waals surface area contributed by atoms with Crippen molar-refractivity contribution in [3.63, 3.8) is 0 Å². The van der Waals surface area contributed by atoms with E-state index in [0.29, 0.717) is 62.6 Å². The molecule has 1 atom stereocenters. The Labute approximate surface area is 268 Å². The van der Waals surface area contributed by atoms with Crippen LogP contribution in [0.4, 0.5) is 5.69 Å². The summed E-state index contributed by atoms with van der Waals surface area (Å²) in [7, 11) is 1.54. The summed E-state index contributed by atoms with van der Waals surface area (Å²) in [6.07, 6.45) is 0. The number of rotatable bonds is 8. The Kier molecular flexibility index (Phi) is 8.35. The first-order valence-corrected chi connectivity index (χ1v) is 15.6. The van der Waals surface area contributed by atoms with Gasteiger partial charge in [0.15, 0.2) is 16.3 Å². The molecule has 3 heterocycles. The maximum atomic E-state index is 14.5. The number of carbonyl (C=O) groups is 2. The predicted molar refractivity (Wildman–Crippen MR) is 173 cm³/mol. The van der Waals surface area contributed by atoms with Crippen molar-refractivity contribution in [2.75, 3.05) is 25.2 Å². The fourth-order valence-corrected chi connectivity index (χ4v) is 6.98. The molecule has 230 valence electrons. The average Bonchev–Trinajstić information content (AvgIpc) is 3.49. The number of thiazole rings is 1. The highest BCUT2D eigenvalue weighted by atomic mass is 35.5. The Morgan fingerprint density at radius 2 is 1.76 bits per heavy atom.